The summed E-state index contributed by atoms with van der Waals surface area (Å²) >= 11 is 0. The van der Waals surface area contributed by atoms with Gasteiger partial charge in [0, 0.05) is 0 Å². The minimum absolute atomic E-state index is 0.0953. The molecule has 126 valence electrons. The molecule has 1 unspecified atom stereocenters. The third-order valence-electron chi connectivity index (χ3n) is 3.93. The van der Waals surface area contributed by atoms with Gasteiger partial charge in [-0.15, -0.1) is 0 Å². The van der Waals surface area contributed by atoms with Crippen molar-refractivity contribution in [1.29, 1.82) is 0 Å². The summed E-state index contributed by atoms with van der Waals surface area (Å²) in [6.07, 6.45) is -7.35. The van der Waals surface area contributed by atoms with Crippen LogP contribution in [-0.4, -0.2) is 33.7 Å². The van der Waals surface area contributed by atoms with E-state index in [9.17, 15) is 18.0 Å². The van der Waals surface area contributed by atoms with Gasteiger partial charge < -0.3 is 9.16 Å². The quantitative estimate of drug-likeness (QED) is 0.503. The number of methoxy groups -OCH3 is 1. The first kappa shape index (κ1) is 20.4. The van der Waals surface area contributed by atoms with Gasteiger partial charge in [-0.1, -0.05) is 41.5 Å². The number of halogens is 3. The maximum Gasteiger partial charge on any atom is 0.392 e. The summed E-state index contributed by atoms with van der Waals surface area (Å²) in [6, 6.07) is 0. The van der Waals surface area contributed by atoms with Crippen LogP contribution in [0.5, 0.6) is 0 Å². The van der Waals surface area contributed by atoms with Crippen molar-refractivity contribution in [3.8, 4) is 0 Å². The zero-order valence-electron chi connectivity index (χ0n) is 13.9. The Bertz CT molecular complexity index is 319. The van der Waals surface area contributed by atoms with E-state index in [1.165, 1.54) is 0 Å². The van der Waals surface area contributed by atoms with Gasteiger partial charge in [-0.2, -0.15) is 13.2 Å². The number of hydrogen-bond acceptors (Lipinski definition) is 3. The Kier molecular flexibility index (Phi) is 7.42. The van der Waals surface area contributed by atoms with E-state index in [2.05, 4.69) is 4.74 Å². The highest BCUT2D eigenvalue weighted by molar-refractivity contribution is 6.77. The molecule has 1 atom stereocenters. The third-order valence-corrected chi connectivity index (χ3v) is 10.0. The summed E-state index contributed by atoms with van der Waals surface area (Å²) in [6.45, 7) is 11.7. The van der Waals surface area contributed by atoms with Crippen LogP contribution in [0.25, 0.3) is 0 Å². The summed E-state index contributed by atoms with van der Waals surface area (Å²) in [5.74, 6) is -0.953. The molecule has 0 aromatic rings. The van der Waals surface area contributed by atoms with Crippen LogP contribution < -0.4 is 0 Å². The molecular formula is C14H27F3O3Si. The van der Waals surface area contributed by atoms with Crippen molar-refractivity contribution in [3.05, 3.63) is 0 Å². The molecular weight excluding hydrogens is 301 g/mol. The topological polar surface area (TPSA) is 35.5 Å². The predicted octanol–water partition coefficient (Wildman–Crippen LogP) is 4.67. The molecule has 0 aliphatic rings. The van der Waals surface area contributed by atoms with Crippen LogP contribution in [0.2, 0.25) is 16.6 Å². The highest BCUT2D eigenvalue weighted by atomic mass is 28.4. The molecule has 0 amide bonds. The second-order valence-corrected chi connectivity index (χ2v) is 11.7. The van der Waals surface area contributed by atoms with Crippen LogP contribution in [-0.2, 0) is 14.0 Å². The Hall–Kier alpha value is -0.563. The molecule has 0 bridgehead atoms. The van der Waals surface area contributed by atoms with Gasteiger partial charge in [0.2, 0.25) is 8.32 Å². The standard InChI is InChI=1S/C14H27F3O3Si/c1-9(2)21(10(3)4,11(5)6)20-12(13(18)19-7)8-14(15,16)17/h9-12H,8H2,1-7H3. The Labute approximate surface area is 126 Å². The zero-order chi connectivity index (χ0) is 17.0. The molecule has 0 heterocycles. The second-order valence-electron chi connectivity index (χ2n) is 6.27. The molecule has 21 heavy (non-hydrogen) atoms. The van der Waals surface area contributed by atoms with E-state index >= 15 is 0 Å². The van der Waals surface area contributed by atoms with E-state index in [-0.39, 0.29) is 16.6 Å². The van der Waals surface area contributed by atoms with Crippen LogP contribution >= 0.6 is 0 Å². The van der Waals surface area contributed by atoms with Crippen molar-refractivity contribution in [2.45, 2.75) is 76.9 Å². The number of hydrogen-bond donors (Lipinski definition) is 0. The highest BCUT2D eigenvalue weighted by Gasteiger charge is 2.49. The lowest BCUT2D eigenvalue weighted by atomic mass is 10.2. The number of ether oxygens (including phenoxy) is 1. The van der Waals surface area contributed by atoms with Crippen LogP contribution in [0.3, 0.4) is 0 Å². The molecule has 0 aliphatic carbocycles. The summed E-state index contributed by atoms with van der Waals surface area (Å²) in [4.78, 5) is 11.7. The molecule has 7 heteroatoms. The minimum atomic E-state index is -4.47. The molecule has 0 fully saturated rings. The molecule has 0 rings (SSSR count). The van der Waals surface area contributed by atoms with E-state index in [1.54, 1.807) is 0 Å². The molecule has 0 spiro atoms. The van der Waals surface area contributed by atoms with Crippen molar-refractivity contribution < 1.29 is 27.1 Å². The van der Waals surface area contributed by atoms with E-state index in [4.69, 9.17) is 4.43 Å². The third kappa shape index (κ3) is 5.29. The lowest BCUT2D eigenvalue weighted by Crippen LogP contribution is -2.52. The maximum atomic E-state index is 12.7. The van der Waals surface area contributed by atoms with Crippen molar-refractivity contribution in [2.75, 3.05) is 7.11 Å². The molecule has 0 aromatic carbocycles. The van der Waals surface area contributed by atoms with E-state index in [0.29, 0.717) is 0 Å². The number of esters is 1. The second kappa shape index (κ2) is 7.62. The first-order valence-electron chi connectivity index (χ1n) is 7.20. The minimum Gasteiger partial charge on any atom is -0.467 e. The molecule has 0 saturated heterocycles. The predicted molar refractivity (Wildman–Crippen MR) is 78.6 cm³/mol. The SMILES string of the molecule is COC(=O)C(CC(F)(F)F)O[Si](C(C)C)(C(C)C)C(C)C. The summed E-state index contributed by atoms with van der Waals surface area (Å²) in [5, 5.41) is 0. The number of carbonyl (C=O) groups is 1. The average molecular weight is 328 g/mol. The highest BCUT2D eigenvalue weighted by Crippen LogP contribution is 2.44. The van der Waals surface area contributed by atoms with Crippen LogP contribution in [0, 0.1) is 0 Å². The number of alkyl halides is 3. The lowest BCUT2D eigenvalue weighted by molar-refractivity contribution is -0.173. The Morgan fingerprint density at radius 2 is 1.38 bits per heavy atom. The van der Waals surface area contributed by atoms with Crippen LogP contribution in [0.15, 0.2) is 0 Å². The lowest BCUT2D eigenvalue weighted by Gasteiger charge is -2.44. The molecule has 3 nitrogen and oxygen atoms in total. The molecule has 0 radical (unpaired) electrons. The fraction of sp³-hybridized carbons (Fsp3) is 0.929. The summed E-state index contributed by atoms with van der Waals surface area (Å²) in [7, 11) is -1.49. The van der Waals surface area contributed by atoms with Gasteiger partial charge >= 0.3 is 12.1 Å². The van der Waals surface area contributed by atoms with Gasteiger partial charge in [-0.05, 0) is 16.6 Å². The van der Waals surface area contributed by atoms with Gasteiger partial charge in [-0.3, -0.25) is 0 Å². The van der Waals surface area contributed by atoms with Gasteiger partial charge in [0.15, 0.2) is 6.10 Å². The van der Waals surface area contributed by atoms with Gasteiger partial charge in [0.1, 0.15) is 0 Å². The smallest absolute Gasteiger partial charge is 0.392 e. The van der Waals surface area contributed by atoms with Gasteiger partial charge in [-0.25, -0.2) is 4.79 Å². The molecule has 0 N–H and O–H groups in total. The van der Waals surface area contributed by atoms with E-state index in [0.717, 1.165) is 7.11 Å². The zero-order valence-corrected chi connectivity index (χ0v) is 14.9. The molecule has 0 aromatic heterocycles. The Morgan fingerprint density at radius 1 is 1.00 bits per heavy atom. The monoisotopic (exact) mass is 328 g/mol. The van der Waals surface area contributed by atoms with Crippen LogP contribution in [0.4, 0.5) is 13.2 Å². The fourth-order valence-corrected chi connectivity index (χ4v) is 8.66. The van der Waals surface area contributed by atoms with Crippen molar-refractivity contribution >= 4 is 14.3 Å². The van der Waals surface area contributed by atoms with Crippen molar-refractivity contribution in [1.82, 2.24) is 0 Å². The van der Waals surface area contributed by atoms with Crippen molar-refractivity contribution in [3.63, 3.8) is 0 Å². The summed E-state index contributed by atoms with van der Waals surface area (Å²) < 4.78 is 48.5. The van der Waals surface area contributed by atoms with Gasteiger partial charge in [0.25, 0.3) is 0 Å². The Morgan fingerprint density at radius 3 is 1.62 bits per heavy atom. The van der Waals surface area contributed by atoms with Crippen LogP contribution in [0.1, 0.15) is 48.0 Å². The van der Waals surface area contributed by atoms with E-state index < -0.39 is 33.0 Å². The first-order chi connectivity index (χ1) is 9.38. The summed E-state index contributed by atoms with van der Waals surface area (Å²) in [5.41, 5.74) is 0.286. The average Bonchev–Trinajstić information content (AvgIpc) is 2.30. The van der Waals surface area contributed by atoms with Crippen molar-refractivity contribution in [2.24, 2.45) is 0 Å². The normalized spacial score (nSPS) is 14.9. The number of carbonyl (C=O) groups excluding carboxylic acids is 1. The number of rotatable bonds is 7. The first-order valence-corrected chi connectivity index (χ1v) is 9.34. The molecule has 0 aliphatic heterocycles. The molecule has 0 saturated carbocycles. The van der Waals surface area contributed by atoms with Gasteiger partial charge in [0.05, 0.1) is 13.5 Å². The largest absolute Gasteiger partial charge is 0.467 e. The van der Waals surface area contributed by atoms with E-state index in [1.807, 2.05) is 41.5 Å². The fourth-order valence-electron chi connectivity index (χ4n) is 3.17. The maximum absolute atomic E-state index is 12.7. The Balaban J connectivity index is 5.55.